The third-order valence-corrected chi connectivity index (χ3v) is 7.12. The molecule has 1 aliphatic rings. The Morgan fingerprint density at radius 3 is 2.34 bits per heavy atom. The first kappa shape index (κ1) is 21.6. The van der Waals surface area contributed by atoms with Gasteiger partial charge in [-0.2, -0.15) is 22.7 Å². The average molecular weight is 444 g/mol. The monoisotopic (exact) mass is 443 g/mol. The van der Waals surface area contributed by atoms with Crippen molar-refractivity contribution in [3.05, 3.63) is 64.2 Å². The van der Waals surface area contributed by atoms with E-state index in [0.29, 0.717) is 31.3 Å². The molecule has 2 aromatic rings. The van der Waals surface area contributed by atoms with Crippen LogP contribution in [0.2, 0.25) is 5.02 Å². The van der Waals surface area contributed by atoms with Crippen LogP contribution in [0.3, 0.4) is 0 Å². The van der Waals surface area contributed by atoms with E-state index < -0.39 is 26.7 Å². The average Bonchev–Trinajstić information content (AvgIpc) is 2.68. The van der Waals surface area contributed by atoms with Crippen molar-refractivity contribution < 1.29 is 21.6 Å². The number of sulfonamides is 1. The van der Waals surface area contributed by atoms with Crippen molar-refractivity contribution in [3.63, 3.8) is 0 Å². The third-order valence-electron chi connectivity index (χ3n) is 4.74. The number of rotatable bonds is 4. The van der Waals surface area contributed by atoms with Gasteiger partial charge in [-0.3, -0.25) is 4.90 Å². The number of benzene rings is 2. The number of halogens is 4. The highest BCUT2D eigenvalue weighted by Gasteiger charge is 2.35. The van der Waals surface area contributed by atoms with Crippen molar-refractivity contribution in [3.8, 4) is 6.07 Å². The van der Waals surface area contributed by atoms with Gasteiger partial charge in [0.25, 0.3) is 0 Å². The van der Waals surface area contributed by atoms with Crippen LogP contribution < -0.4 is 0 Å². The van der Waals surface area contributed by atoms with Gasteiger partial charge >= 0.3 is 6.18 Å². The molecular formula is C19H17ClF3N3O2S. The van der Waals surface area contributed by atoms with Crippen LogP contribution in [0.4, 0.5) is 13.2 Å². The maximum atomic E-state index is 13.0. The summed E-state index contributed by atoms with van der Waals surface area (Å²) in [5.41, 5.74) is 0.331. The smallest absolute Gasteiger partial charge is 0.296 e. The lowest BCUT2D eigenvalue weighted by molar-refractivity contribution is -0.137. The van der Waals surface area contributed by atoms with Gasteiger partial charge in [-0.15, -0.1) is 0 Å². The molecular weight excluding hydrogens is 427 g/mol. The second-order valence-corrected chi connectivity index (χ2v) is 8.91. The molecule has 1 saturated heterocycles. The molecule has 1 aliphatic heterocycles. The van der Waals surface area contributed by atoms with Crippen LogP contribution in [0.15, 0.2) is 47.4 Å². The molecule has 0 unspecified atom stereocenters. The molecule has 2 aromatic carbocycles. The summed E-state index contributed by atoms with van der Waals surface area (Å²) in [6.07, 6.45) is -4.66. The predicted molar refractivity (Wildman–Crippen MR) is 102 cm³/mol. The van der Waals surface area contributed by atoms with Crippen LogP contribution in [-0.4, -0.2) is 43.8 Å². The topological polar surface area (TPSA) is 64.4 Å². The summed E-state index contributed by atoms with van der Waals surface area (Å²) >= 11 is 5.91. The van der Waals surface area contributed by atoms with Crippen molar-refractivity contribution in [2.24, 2.45) is 0 Å². The van der Waals surface area contributed by atoms with E-state index in [9.17, 15) is 26.9 Å². The molecule has 29 heavy (non-hydrogen) atoms. The van der Waals surface area contributed by atoms with Crippen LogP contribution >= 0.6 is 11.6 Å². The molecule has 0 spiro atoms. The molecule has 5 nitrogen and oxygen atoms in total. The van der Waals surface area contributed by atoms with Crippen molar-refractivity contribution >= 4 is 21.6 Å². The van der Waals surface area contributed by atoms with Crippen LogP contribution in [0, 0.1) is 11.3 Å². The molecule has 0 aliphatic carbocycles. The summed E-state index contributed by atoms with van der Waals surface area (Å²) < 4.78 is 65.8. The van der Waals surface area contributed by atoms with E-state index in [0.717, 1.165) is 22.0 Å². The van der Waals surface area contributed by atoms with E-state index in [1.54, 1.807) is 12.1 Å². The van der Waals surface area contributed by atoms with E-state index >= 15 is 0 Å². The van der Waals surface area contributed by atoms with Gasteiger partial charge in [-0.05, 0) is 29.8 Å². The highest BCUT2D eigenvalue weighted by molar-refractivity contribution is 7.89. The molecule has 0 N–H and O–H groups in total. The van der Waals surface area contributed by atoms with Crippen molar-refractivity contribution in [1.82, 2.24) is 9.21 Å². The lowest BCUT2D eigenvalue weighted by Crippen LogP contribution is -2.48. The maximum Gasteiger partial charge on any atom is 0.416 e. The molecule has 1 heterocycles. The molecule has 3 rings (SSSR count). The first-order valence-electron chi connectivity index (χ1n) is 8.70. The van der Waals surface area contributed by atoms with Crippen LogP contribution in [0.25, 0.3) is 0 Å². The molecule has 10 heteroatoms. The molecule has 0 aromatic heterocycles. The van der Waals surface area contributed by atoms with E-state index in [4.69, 9.17) is 11.6 Å². The van der Waals surface area contributed by atoms with Gasteiger partial charge in [0.05, 0.1) is 22.2 Å². The second-order valence-electron chi connectivity index (χ2n) is 6.59. The Bertz CT molecular complexity index is 1040. The minimum atomic E-state index is -4.66. The third kappa shape index (κ3) is 4.73. The van der Waals surface area contributed by atoms with Crippen molar-refractivity contribution in [1.29, 1.82) is 5.26 Å². The minimum Gasteiger partial charge on any atom is -0.296 e. The zero-order chi connectivity index (χ0) is 21.2. The Balaban J connectivity index is 1.74. The van der Waals surface area contributed by atoms with E-state index in [-0.39, 0.29) is 18.1 Å². The Kier molecular flexibility index (Phi) is 6.19. The van der Waals surface area contributed by atoms with E-state index in [1.807, 2.05) is 17.0 Å². The van der Waals surface area contributed by atoms with Gasteiger partial charge in [0.1, 0.15) is 4.90 Å². The van der Waals surface area contributed by atoms with Gasteiger partial charge in [0, 0.05) is 32.7 Å². The van der Waals surface area contributed by atoms with Gasteiger partial charge in [0.2, 0.25) is 10.0 Å². The van der Waals surface area contributed by atoms with E-state index in [2.05, 4.69) is 6.07 Å². The summed E-state index contributed by atoms with van der Waals surface area (Å²) in [6, 6.07) is 11.6. The van der Waals surface area contributed by atoms with Gasteiger partial charge in [-0.1, -0.05) is 29.8 Å². The SMILES string of the molecule is N#Cc1ccccc1CN1CCN(S(=O)(=O)c2cc(C(F)(F)F)ccc2Cl)CC1. The molecule has 0 bridgehead atoms. The molecule has 0 amide bonds. The largest absolute Gasteiger partial charge is 0.416 e. The zero-order valence-corrected chi connectivity index (χ0v) is 16.7. The Labute approximate surface area is 172 Å². The summed E-state index contributed by atoms with van der Waals surface area (Å²) in [6.45, 7) is 1.49. The fourth-order valence-corrected chi connectivity index (χ4v) is 5.08. The number of hydrogen-bond acceptors (Lipinski definition) is 4. The Morgan fingerprint density at radius 1 is 1.07 bits per heavy atom. The number of alkyl halides is 3. The summed E-state index contributed by atoms with van der Waals surface area (Å²) in [4.78, 5) is 1.45. The second kappa shape index (κ2) is 8.32. The predicted octanol–water partition coefficient (Wildman–Crippen LogP) is 3.74. The number of nitriles is 1. The van der Waals surface area contributed by atoms with Gasteiger partial charge in [-0.25, -0.2) is 8.42 Å². The standard InChI is InChI=1S/C19H17ClF3N3O2S/c20-17-6-5-16(19(21,22)23)11-18(17)29(27,28)26-9-7-25(8-10-26)13-15-4-2-1-3-14(15)12-24/h1-6,11H,7-10,13H2. The minimum absolute atomic E-state index is 0.115. The zero-order valence-electron chi connectivity index (χ0n) is 15.2. The summed E-state index contributed by atoms with van der Waals surface area (Å²) in [7, 11) is -4.16. The van der Waals surface area contributed by atoms with Crippen molar-refractivity contribution in [2.75, 3.05) is 26.2 Å². The number of nitrogens with zero attached hydrogens (tertiary/aromatic N) is 3. The molecule has 0 saturated carbocycles. The number of piperazine rings is 1. The van der Waals surface area contributed by atoms with E-state index in [1.165, 1.54) is 0 Å². The lowest BCUT2D eigenvalue weighted by Gasteiger charge is -2.34. The lowest BCUT2D eigenvalue weighted by atomic mass is 10.1. The first-order chi connectivity index (χ1) is 13.6. The van der Waals surface area contributed by atoms with Gasteiger partial charge in [0.15, 0.2) is 0 Å². The molecule has 0 atom stereocenters. The quantitative estimate of drug-likeness (QED) is 0.722. The van der Waals surface area contributed by atoms with Crippen LogP contribution in [0.5, 0.6) is 0 Å². The first-order valence-corrected chi connectivity index (χ1v) is 10.5. The summed E-state index contributed by atoms with van der Waals surface area (Å²) in [5.74, 6) is 0. The fraction of sp³-hybridized carbons (Fsp3) is 0.316. The highest BCUT2D eigenvalue weighted by Crippen LogP contribution is 2.34. The maximum absolute atomic E-state index is 13.0. The Hall–Kier alpha value is -2.12. The van der Waals surface area contributed by atoms with Gasteiger partial charge < -0.3 is 0 Å². The summed E-state index contributed by atoms with van der Waals surface area (Å²) in [5, 5.41) is 8.93. The van der Waals surface area contributed by atoms with Crippen molar-refractivity contribution in [2.45, 2.75) is 17.6 Å². The highest BCUT2D eigenvalue weighted by atomic mass is 35.5. The fourth-order valence-electron chi connectivity index (χ4n) is 3.15. The molecule has 0 radical (unpaired) electrons. The van der Waals surface area contributed by atoms with Crippen LogP contribution in [0.1, 0.15) is 16.7 Å². The molecule has 1 fully saturated rings. The molecule has 154 valence electrons. The normalized spacial score (nSPS) is 16.5. The van der Waals surface area contributed by atoms with Crippen LogP contribution in [-0.2, 0) is 22.7 Å². The Morgan fingerprint density at radius 2 is 1.72 bits per heavy atom. The number of hydrogen-bond donors (Lipinski definition) is 0.